The molecule has 1 amide bonds. The Morgan fingerprint density at radius 3 is 2.86 bits per heavy atom. The van der Waals surface area contributed by atoms with E-state index in [2.05, 4.69) is 15.8 Å². The van der Waals surface area contributed by atoms with Crippen LogP contribution in [-0.2, 0) is 16.1 Å². The Bertz CT molecular complexity index is 1020. The third-order valence-electron chi connectivity index (χ3n) is 5.09. The number of aromatic nitrogens is 1. The maximum absolute atomic E-state index is 14.0. The van der Waals surface area contributed by atoms with Gasteiger partial charge < -0.3 is 14.6 Å². The van der Waals surface area contributed by atoms with Crippen molar-refractivity contribution in [3.63, 3.8) is 0 Å². The summed E-state index contributed by atoms with van der Waals surface area (Å²) in [6, 6.07) is 7.90. The van der Waals surface area contributed by atoms with Crippen molar-refractivity contribution in [2.75, 3.05) is 19.7 Å². The van der Waals surface area contributed by atoms with Crippen LogP contribution in [0.1, 0.15) is 23.7 Å². The molecule has 1 saturated heterocycles. The van der Waals surface area contributed by atoms with Crippen LogP contribution in [0.2, 0.25) is 5.02 Å². The quantitative estimate of drug-likeness (QED) is 0.793. The number of rotatable bonds is 4. The predicted molar refractivity (Wildman–Crippen MR) is 106 cm³/mol. The molecule has 2 N–H and O–H groups in total. The summed E-state index contributed by atoms with van der Waals surface area (Å²) >= 11 is 5.81. The molecule has 0 radical (unpaired) electrons. The van der Waals surface area contributed by atoms with E-state index in [-0.39, 0.29) is 34.9 Å². The van der Waals surface area contributed by atoms with Gasteiger partial charge in [-0.3, -0.25) is 9.59 Å². The van der Waals surface area contributed by atoms with Crippen LogP contribution in [0.3, 0.4) is 0 Å². The van der Waals surface area contributed by atoms with Gasteiger partial charge >= 0.3 is 0 Å². The average Bonchev–Trinajstić information content (AvgIpc) is 3.00. The van der Waals surface area contributed by atoms with Crippen LogP contribution in [0, 0.1) is 11.7 Å². The molecule has 2 aliphatic rings. The molecule has 9 heteroatoms. The zero-order valence-electron chi connectivity index (χ0n) is 15.5. The Morgan fingerprint density at radius 2 is 2.14 bits per heavy atom. The minimum absolute atomic E-state index is 0.0617. The highest BCUT2D eigenvalue weighted by Gasteiger charge is 2.27. The number of carbonyl (C=O) groups is 1. The number of ether oxygens (including phenoxy) is 1. The van der Waals surface area contributed by atoms with Crippen LogP contribution in [-0.4, -0.2) is 35.9 Å². The minimum Gasteiger partial charge on any atom is -0.372 e. The lowest BCUT2D eigenvalue weighted by atomic mass is 9.95. The fourth-order valence-corrected chi connectivity index (χ4v) is 3.74. The van der Waals surface area contributed by atoms with Crippen LogP contribution in [0.15, 0.2) is 46.4 Å². The number of pyridine rings is 1. The first-order valence-corrected chi connectivity index (χ1v) is 9.72. The first-order chi connectivity index (χ1) is 14.0. The largest absolute Gasteiger partial charge is 0.372 e. The molecule has 1 aromatic heterocycles. The maximum atomic E-state index is 14.0. The Balaban J connectivity index is 1.58. The second-order valence-corrected chi connectivity index (χ2v) is 7.51. The topological polar surface area (TPSA) is 84.7 Å². The fraction of sp³-hybridized carbons (Fsp3) is 0.350. The van der Waals surface area contributed by atoms with Gasteiger partial charge in [-0.15, -0.1) is 0 Å². The molecule has 1 fully saturated rings. The standard InChI is InChI=1S/C20H20ClFN4O3/c21-15-2-1-13(7-16(15)22)20-14(10-23-4-6-29-20)11-26-5-3-12(8-19(26)28)17-9-18(27)25-24-17/h1-3,5,7-8,14,20,23H,4,6,9-11H2,(H,25,27)/t14-,20-/m0/s1. The molecule has 0 saturated carbocycles. The molecular weight excluding hydrogens is 399 g/mol. The molecule has 1 aromatic carbocycles. The lowest BCUT2D eigenvalue weighted by Gasteiger charge is -2.26. The van der Waals surface area contributed by atoms with Gasteiger partial charge in [-0.25, -0.2) is 9.82 Å². The third kappa shape index (κ3) is 4.39. The zero-order valence-corrected chi connectivity index (χ0v) is 16.3. The maximum Gasteiger partial charge on any atom is 0.251 e. The van der Waals surface area contributed by atoms with Crippen molar-refractivity contribution in [2.45, 2.75) is 19.1 Å². The molecule has 0 unspecified atom stereocenters. The molecule has 2 atom stereocenters. The Labute approximate surface area is 171 Å². The van der Waals surface area contributed by atoms with E-state index in [1.54, 1.807) is 22.9 Å². The first-order valence-electron chi connectivity index (χ1n) is 9.35. The molecule has 0 spiro atoms. The minimum atomic E-state index is -0.495. The SMILES string of the molecule is O=C1CC(c2ccn(C[C@@H]3CNCCO[C@H]3c3ccc(Cl)c(F)c3)c(=O)c2)=NN1. The van der Waals surface area contributed by atoms with E-state index in [0.717, 1.165) is 0 Å². The summed E-state index contributed by atoms with van der Waals surface area (Å²) in [5, 5.41) is 7.31. The Morgan fingerprint density at radius 1 is 1.28 bits per heavy atom. The Kier molecular flexibility index (Phi) is 5.75. The fourth-order valence-electron chi connectivity index (χ4n) is 3.63. The smallest absolute Gasteiger partial charge is 0.251 e. The van der Waals surface area contributed by atoms with Crippen molar-refractivity contribution in [1.82, 2.24) is 15.3 Å². The van der Waals surface area contributed by atoms with E-state index in [1.807, 2.05) is 0 Å². The lowest BCUT2D eigenvalue weighted by Crippen LogP contribution is -2.32. The molecular formula is C20H20ClFN4O3. The summed E-state index contributed by atoms with van der Waals surface area (Å²) in [5.74, 6) is -0.775. The van der Waals surface area contributed by atoms with Crippen molar-refractivity contribution in [3.05, 3.63) is 68.8 Å². The van der Waals surface area contributed by atoms with Gasteiger partial charge in [-0.1, -0.05) is 17.7 Å². The number of nitrogens with one attached hydrogen (secondary N) is 2. The molecule has 2 aromatic rings. The molecule has 7 nitrogen and oxygen atoms in total. The number of hydrogen-bond donors (Lipinski definition) is 2. The molecule has 0 bridgehead atoms. The predicted octanol–water partition coefficient (Wildman–Crippen LogP) is 1.84. The second-order valence-electron chi connectivity index (χ2n) is 7.11. The number of benzene rings is 1. The number of carbonyl (C=O) groups excluding carboxylic acids is 1. The van der Waals surface area contributed by atoms with Crippen molar-refractivity contribution in [3.8, 4) is 0 Å². The van der Waals surface area contributed by atoms with E-state index in [9.17, 15) is 14.0 Å². The van der Waals surface area contributed by atoms with E-state index >= 15 is 0 Å². The summed E-state index contributed by atoms with van der Waals surface area (Å²) in [6.45, 7) is 2.18. The van der Waals surface area contributed by atoms with Crippen molar-refractivity contribution >= 4 is 23.2 Å². The van der Waals surface area contributed by atoms with Crippen molar-refractivity contribution < 1.29 is 13.9 Å². The van der Waals surface area contributed by atoms with Gasteiger partial charge in [0.15, 0.2) is 0 Å². The summed E-state index contributed by atoms with van der Waals surface area (Å²) in [4.78, 5) is 24.0. The zero-order chi connectivity index (χ0) is 20.4. The van der Waals surface area contributed by atoms with Crippen LogP contribution < -0.4 is 16.3 Å². The van der Waals surface area contributed by atoms with Gasteiger partial charge in [-0.2, -0.15) is 5.10 Å². The van der Waals surface area contributed by atoms with Gasteiger partial charge in [0.25, 0.3) is 5.56 Å². The van der Waals surface area contributed by atoms with Crippen LogP contribution in [0.25, 0.3) is 0 Å². The van der Waals surface area contributed by atoms with E-state index < -0.39 is 5.82 Å². The van der Waals surface area contributed by atoms with Crippen molar-refractivity contribution in [1.29, 1.82) is 0 Å². The van der Waals surface area contributed by atoms with Gasteiger partial charge in [0.1, 0.15) is 5.82 Å². The molecule has 3 heterocycles. The van der Waals surface area contributed by atoms with Gasteiger partial charge in [-0.05, 0) is 23.8 Å². The number of nitrogens with zero attached hydrogens (tertiary/aromatic N) is 2. The molecule has 0 aliphatic carbocycles. The van der Waals surface area contributed by atoms with Gasteiger partial charge in [0, 0.05) is 43.4 Å². The van der Waals surface area contributed by atoms with Gasteiger partial charge in [0.05, 0.1) is 29.9 Å². The van der Waals surface area contributed by atoms with Crippen LogP contribution in [0.5, 0.6) is 0 Å². The van der Waals surface area contributed by atoms with Crippen LogP contribution >= 0.6 is 11.6 Å². The number of hydrogen-bond acceptors (Lipinski definition) is 5. The monoisotopic (exact) mass is 418 g/mol. The highest BCUT2D eigenvalue weighted by Crippen LogP contribution is 2.30. The highest BCUT2D eigenvalue weighted by atomic mass is 35.5. The Hall–Kier alpha value is -2.55. The molecule has 2 aliphatic heterocycles. The number of amides is 1. The van der Waals surface area contributed by atoms with Crippen molar-refractivity contribution in [2.24, 2.45) is 11.0 Å². The highest BCUT2D eigenvalue weighted by molar-refractivity contribution is 6.30. The lowest BCUT2D eigenvalue weighted by molar-refractivity contribution is -0.119. The van der Waals surface area contributed by atoms with E-state index in [1.165, 1.54) is 18.2 Å². The normalized spacial score (nSPS) is 22.1. The van der Waals surface area contributed by atoms with E-state index in [4.69, 9.17) is 16.3 Å². The average molecular weight is 419 g/mol. The third-order valence-corrected chi connectivity index (χ3v) is 5.39. The number of halogens is 2. The second kappa shape index (κ2) is 8.44. The molecule has 4 rings (SSSR count). The first kappa shape index (κ1) is 19.8. The van der Waals surface area contributed by atoms with Gasteiger partial charge in [0.2, 0.25) is 5.91 Å². The summed E-state index contributed by atoms with van der Waals surface area (Å²) in [6.07, 6.45) is 1.48. The summed E-state index contributed by atoms with van der Waals surface area (Å²) < 4.78 is 21.5. The summed E-state index contributed by atoms with van der Waals surface area (Å²) in [5.41, 5.74) is 4.04. The summed E-state index contributed by atoms with van der Waals surface area (Å²) in [7, 11) is 0. The number of hydrazone groups is 1. The van der Waals surface area contributed by atoms with Crippen LogP contribution in [0.4, 0.5) is 4.39 Å². The van der Waals surface area contributed by atoms with E-state index in [0.29, 0.717) is 43.1 Å². The molecule has 152 valence electrons. The molecule has 29 heavy (non-hydrogen) atoms.